The summed E-state index contributed by atoms with van der Waals surface area (Å²) in [7, 11) is 0. The van der Waals surface area contributed by atoms with Crippen LogP contribution in [0.4, 0.5) is 5.69 Å². The number of ether oxygens (including phenoxy) is 2. The molecule has 0 radical (unpaired) electrons. The Hall–Kier alpha value is -1.55. The van der Waals surface area contributed by atoms with Crippen LogP contribution in [0.1, 0.15) is 33.1 Å². The average Bonchev–Trinajstić information content (AvgIpc) is 2.92. The maximum atomic E-state index is 11.7. The molecule has 1 aromatic rings. The van der Waals surface area contributed by atoms with Crippen molar-refractivity contribution >= 4 is 11.6 Å². The van der Waals surface area contributed by atoms with Gasteiger partial charge in [-0.3, -0.25) is 4.79 Å². The summed E-state index contributed by atoms with van der Waals surface area (Å²) in [4.78, 5) is 11.7. The monoisotopic (exact) mass is 277 g/mol. The van der Waals surface area contributed by atoms with Crippen LogP contribution in [0, 0.1) is 5.92 Å². The molecule has 2 rings (SSSR count). The van der Waals surface area contributed by atoms with Crippen molar-refractivity contribution in [3.05, 3.63) is 24.3 Å². The Morgan fingerprint density at radius 2 is 2.15 bits per heavy atom. The van der Waals surface area contributed by atoms with Crippen LogP contribution in [0.25, 0.3) is 0 Å². The van der Waals surface area contributed by atoms with Crippen molar-refractivity contribution in [1.82, 2.24) is 0 Å². The van der Waals surface area contributed by atoms with Crippen molar-refractivity contribution in [3.63, 3.8) is 0 Å². The van der Waals surface area contributed by atoms with Gasteiger partial charge in [-0.25, -0.2) is 0 Å². The summed E-state index contributed by atoms with van der Waals surface area (Å²) >= 11 is 0. The topological polar surface area (TPSA) is 47.6 Å². The van der Waals surface area contributed by atoms with Gasteiger partial charge in [-0.2, -0.15) is 0 Å². The van der Waals surface area contributed by atoms with Gasteiger partial charge in [0.05, 0.1) is 13.2 Å². The third kappa shape index (κ3) is 4.85. The summed E-state index contributed by atoms with van der Waals surface area (Å²) in [5, 5.41) is 2.90. The van der Waals surface area contributed by atoms with E-state index in [0.29, 0.717) is 18.9 Å². The van der Waals surface area contributed by atoms with Gasteiger partial charge in [0, 0.05) is 18.5 Å². The minimum Gasteiger partial charge on any atom is -0.488 e. The van der Waals surface area contributed by atoms with Crippen molar-refractivity contribution in [2.45, 2.75) is 39.2 Å². The number of benzene rings is 1. The van der Waals surface area contributed by atoms with Crippen molar-refractivity contribution in [2.75, 3.05) is 18.5 Å². The van der Waals surface area contributed by atoms with Gasteiger partial charge >= 0.3 is 0 Å². The Morgan fingerprint density at radius 1 is 1.40 bits per heavy atom. The van der Waals surface area contributed by atoms with E-state index in [1.165, 1.54) is 0 Å². The molecule has 0 bridgehead atoms. The van der Waals surface area contributed by atoms with Crippen LogP contribution >= 0.6 is 0 Å². The van der Waals surface area contributed by atoms with Crippen molar-refractivity contribution in [1.29, 1.82) is 0 Å². The molecule has 4 nitrogen and oxygen atoms in total. The largest absolute Gasteiger partial charge is 0.488 e. The lowest BCUT2D eigenvalue weighted by molar-refractivity contribution is -0.116. The molecule has 4 heteroatoms. The first-order valence-electron chi connectivity index (χ1n) is 7.28. The minimum atomic E-state index is 0.0663. The molecule has 1 aliphatic heterocycles. The highest BCUT2D eigenvalue weighted by molar-refractivity contribution is 5.90. The van der Waals surface area contributed by atoms with E-state index in [0.717, 1.165) is 30.9 Å². The summed E-state index contributed by atoms with van der Waals surface area (Å²) in [6, 6.07) is 7.52. The summed E-state index contributed by atoms with van der Waals surface area (Å²) < 4.78 is 11.0. The summed E-state index contributed by atoms with van der Waals surface area (Å²) in [6.45, 7) is 5.67. The van der Waals surface area contributed by atoms with E-state index in [9.17, 15) is 4.79 Å². The molecule has 0 aliphatic carbocycles. The fraction of sp³-hybridized carbons (Fsp3) is 0.562. The third-order valence-electron chi connectivity index (χ3n) is 3.28. The molecular formula is C16H23NO3. The molecule has 1 amide bonds. The van der Waals surface area contributed by atoms with E-state index in [-0.39, 0.29) is 12.0 Å². The predicted molar refractivity (Wildman–Crippen MR) is 79.0 cm³/mol. The number of rotatable bonds is 6. The van der Waals surface area contributed by atoms with Crippen LogP contribution in [0.5, 0.6) is 5.75 Å². The van der Waals surface area contributed by atoms with Gasteiger partial charge in [-0.15, -0.1) is 0 Å². The van der Waals surface area contributed by atoms with Crippen LogP contribution < -0.4 is 10.1 Å². The first kappa shape index (κ1) is 14.9. The number of anilines is 1. The first-order chi connectivity index (χ1) is 9.63. The van der Waals surface area contributed by atoms with Crippen LogP contribution in [0.2, 0.25) is 0 Å². The molecule has 1 atom stereocenters. The highest BCUT2D eigenvalue weighted by Crippen LogP contribution is 2.20. The lowest BCUT2D eigenvalue weighted by atomic mass is 10.1. The molecule has 110 valence electrons. The van der Waals surface area contributed by atoms with Crippen LogP contribution in [0.15, 0.2) is 24.3 Å². The molecule has 0 aromatic heterocycles. The van der Waals surface area contributed by atoms with E-state index in [4.69, 9.17) is 9.47 Å². The number of carbonyl (C=O) groups excluding carboxylic acids is 1. The zero-order valence-electron chi connectivity index (χ0n) is 12.2. The van der Waals surface area contributed by atoms with Gasteiger partial charge in [0.25, 0.3) is 0 Å². The van der Waals surface area contributed by atoms with Crippen LogP contribution in [-0.2, 0) is 9.53 Å². The minimum absolute atomic E-state index is 0.0663. The van der Waals surface area contributed by atoms with Crippen LogP contribution in [0.3, 0.4) is 0 Å². The van der Waals surface area contributed by atoms with Gasteiger partial charge < -0.3 is 14.8 Å². The second-order valence-corrected chi connectivity index (χ2v) is 5.61. The Morgan fingerprint density at radius 3 is 2.75 bits per heavy atom. The Labute approximate surface area is 120 Å². The quantitative estimate of drug-likeness (QED) is 0.868. The summed E-state index contributed by atoms with van der Waals surface area (Å²) in [5.41, 5.74) is 0.814. The van der Waals surface area contributed by atoms with E-state index in [1.807, 2.05) is 24.3 Å². The summed E-state index contributed by atoms with van der Waals surface area (Å²) in [5.74, 6) is 1.43. The van der Waals surface area contributed by atoms with E-state index in [1.54, 1.807) is 0 Å². The number of amides is 1. The maximum Gasteiger partial charge on any atom is 0.224 e. The van der Waals surface area contributed by atoms with Gasteiger partial charge in [-0.05, 0) is 36.6 Å². The Balaban J connectivity index is 1.80. The third-order valence-corrected chi connectivity index (χ3v) is 3.28. The zero-order valence-corrected chi connectivity index (χ0v) is 12.2. The normalized spacial score (nSPS) is 18.2. The molecular weight excluding hydrogens is 254 g/mol. The lowest BCUT2D eigenvalue weighted by Crippen LogP contribution is -2.15. The predicted octanol–water partition coefficient (Wildman–Crippen LogP) is 3.23. The fourth-order valence-corrected chi connectivity index (χ4v) is 2.06. The highest BCUT2D eigenvalue weighted by atomic mass is 16.5. The first-order valence-corrected chi connectivity index (χ1v) is 7.28. The molecule has 0 saturated carbocycles. The Bertz CT molecular complexity index is 422. The van der Waals surface area contributed by atoms with E-state index < -0.39 is 0 Å². The van der Waals surface area contributed by atoms with Gasteiger partial charge in [0.2, 0.25) is 5.91 Å². The van der Waals surface area contributed by atoms with Crippen molar-refractivity contribution in [3.8, 4) is 5.75 Å². The molecule has 0 spiro atoms. The van der Waals surface area contributed by atoms with Crippen LogP contribution in [-0.4, -0.2) is 25.2 Å². The Kier molecular flexibility index (Phi) is 5.41. The smallest absolute Gasteiger partial charge is 0.224 e. The maximum absolute atomic E-state index is 11.7. The second-order valence-electron chi connectivity index (χ2n) is 5.61. The highest BCUT2D eigenvalue weighted by Gasteiger charge is 2.16. The molecule has 1 N–H and O–H groups in total. The molecule has 20 heavy (non-hydrogen) atoms. The SMILES string of the molecule is CC(C)CCC(=O)Nc1ccc(O[C@H]2CCOC2)cc1. The van der Waals surface area contributed by atoms with E-state index in [2.05, 4.69) is 19.2 Å². The number of carbonyl (C=O) groups is 1. The zero-order chi connectivity index (χ0) is 14.4. The lowest BCUT2D eigenvalue weighted by Gasteiger charge is -2.12. The van der Waals surface area contributed by atoms with Crippen molar-refractivity contribution < 1.29 is 14.3 Å². The fourth-order valence-electron chi connectivity index (χ4n) is 2.06. The molecule has 1 heterocycles. The van der Waals surface area contributed by atoms with Crippen molar-refractivity contribution in [2.24, 2.45) is 5.92 Å². The molecule has 1 fully saturated rings. The second kappa shape index (κ2) is 7.29. The average molecular weight is 277 g/mol. The summed E-state index contributed by atoms with van der Waals surface area (Å²) in [6.07, 6.45) is 2.57. The molecule has 0 unspecified atom stereocenters. The number of nitrogens with one attached hydrogen (secondary N) is 1. The number of hydrogen-bond donors (Lipinski definition) is 1. The number of hydrogen-bond acceptors (Lipinski definition) is 3. The molecule has 1 aromatic carbocycles. The van der Waals surface area contributed by atoms with E-state index >= 15 is 0 Å². The molecule has 1 aliphatic rings. The molecule has 1 saturated heterocycles. The van der Waals surface area contributed by atoms with Gasteiger partial charge in [0.1, 0.15) is 11.9 Å². The van der Waals surface area contributed by atoms with Gasteiger partial charge in [-0.1, -0.05) is 13.8 Å². The standard InChI is InChI=1S/C16H23NO3/c1-12(2)3-8-16(18)17-13-4-6-14(7-5-13)20-15-9-10-19-11-15/h4-7,12,15H,3,8-11H2,1-2H3,(H,17,18)/t15-/m0/s1. The van der Waals surface area contributed by atoms with Gasteiger partial charge in [0.15, 0.2) is 0 Å².